The van der Waals surface area contributed by atoms with Crippen molar-refractivity contribution in [3.8, 4) is 12.3 Å². The van der Waals surface area contributed by atoms with Gasteiger partial charge in [0.2, 0.25) is 7.66 Å². The van der Waals surface area contributed by atoms with Gasteiger partial charge >= 0.3 is 0 Å². The molecule has 0 N–H and O–H groups in total. The van der Waals surface area contributed by atoms with Crippen molar-refractivity contribution in [3.63, 3.8) is 0 Å². The van der Waals surface area contributed by atoms with Crippen molar-refractivity contribution in [1.82, 2.24) is 0 Å². The molecule has 0 saturated heterocycles. The minimum absolute atomic E-state index is 0.00546. The fraction of sp³-hybridized carbons (Fsp3) is 0.750. The van der Waals surface area contributed by atoms with Crippen LogP contribution in [0.5, 0.6) is 0 Å². The molecule has 88 valence electrons. The first-order valence-electron chi connectivity index (χ1n) is 5.46. The van der Waals surface area contributed by atoms with E-state index in [0.29, 0.717) is 11.8 Å². The van der Waals surface area contributed by atoms with Crippen LogP contribution in [0, 0.1) is 23.7 Å². The third kappa shape index (κ3) is 4.28. The van der Waals surface area contributed by atoms with Gasteiger partial charge in [0.15, 0.2) is 0 Å². The molecule has 0 aromatic rings. The lowest BCUT2D eigenvalue weighted by Crippen LogP contribution is -2.19. The van der Waals surface area contributed by atoms with Crippen LogP contribution < -0.4 is 0 Å². The predicted molar refractivity (Wildman–Crippen MR) is 68.6 cm³/mol. The molecule has 0 aromatic carbocycles. The molecular weight excluding hydrogens is 239 g/mol. The Bertz CT molecular complexity index is 317. The Morgan fingerprint density at radius 2 is 2.25 bits per heavy atom. The van der Waals surface area contributed by atoms with Gasteiger partial charge in [0.25, 0.3) is 0 Å². The summed E-state index contributed by atoms with van der Waals surface area (Å²) in [4.78, 5) is 11.5. The minimum atomic E-state index is -0.115. The summed E-state index contributed by atoms with van der Waals surface area (Å²) < 4.78 is 10.5. The standard InChI is InChI=1S/C12H17O2PS/c1-4-11(16-15-14)7-10(9(2)13)8-12(3)5-6-12/h1,10-11H,5-8H2,2-3H3. The Labute approximate surface area is 103 Å². The van der Waals surface area contributed by atoms with E-state index in [0.717, 1.165) is 6.42 Å². The molecule has 1 aliphatic carbocycles. The smallest absolute Gasteiger partial charge is 0.228 e. The molecule has 0 heterocycles. The summed E-state index contributed by atoms with van der Waals surface area (Å²) in [6.07, 6.45) is 9.37. The molecule has 0 aliphatic heterocycles. The molecule has 4 heteroatoms. The van der Waals surface area contributed by atoms with E-state index in [-0.39, 0.29) is 24.6 Å². The van der Waals surface area contributed by atoms with Gasteiger partial charge in [-0.1, -0.05) is 12.8 Å². The molecule has 2 unspecified atom stereocenters. The SMILES string of the molecule is C#CC(CC(CC1(C)CC1)C(C)=O)SP=O. The number of ketones is 1. The van der Waals surface area contributed by atoms with Crippen LogP contribution in [0.1, 0.15) is 39.5 Å². The van der Waals surface area contributed by atoms with Crippen molar-refractivity contribution in [1.29, 1.82) is 0 Å². The van der Waals surface area contributed by atoms with Crippen LogP contribution >= 0.6 is 19.0 Å². The first-order chi connectivity index (χ1) is 7.50. The van der Waals surface area contributed by atoms with Crippen molar-refractivity contribution in [2.75, 3.05) is 0 Å². The van der Waals surface area contributed by atoms with Crippen molar-refractivity contribution < 1.29 is 9.36 Å². The monoisotopic (exact) mass is 256 g/mol. The van der Waals surface area contributed by atoms with Gasteiger partial charge in [0, 0.05) is 5.92 Å². The van der Waals surface area contributed by atoms with E-state index in [1.54, 1.807) is 6.92 Å². The second-order valence-electron chi connectivity index (χ2n) is 4.89. The molecule has 0 aromatic heterocycles. The lowest BCUT2D eigenvalue weighted by molar-refractivity contribution is -0.121. The van der Waals surface area contributed by atoms with Gasteiger partial charge in [0.1, 0.15) is 5.78 Å². The van der Waals surface area contributed by atoms with E-state index < -0.39 is 0 Å². The third-order valence-corrected chi connectivity index (χ3v) is 4.96. The summed E-state index contributed by atoms with van der Waals surface area (Å²) in [6, 6.07) is 0. The van der Waals surface area contributed by atoms with Gasteiger partial charge in [-0.2, -0.15) is 0 Å². The topological polar surface area (TPSA) is 34.1 Å². The molecular formula is C12H17O2PS. The first-order valence-corrected chi connectivity index (χ1v) is 7.75. The Balaban J connectivity index is 2.53. The van der Waals surface area contributed by atoms with Crippen molar-refractivity contribution in [2.45, 2.75) is 44.8 Å². The second-order valence-corrected chi connectivity index (χ2v) is 6.90. The number of hydrogen-bond acceptors (Lipinski definition) is 3. The van der Waals surface area contributed by atoms with E-state index in [1.165, 1.54) is 24.2 Å². The summed E-state index contributed by atoms with van der Waals surface area (Å²) in [5.41, 5.74) is 0.356. The average Bonchev–Trinajstić information content (AvgIpc) is 2.94. The average molecular weight is 256 g/mol. The quantitative estimate of drug-likeness (QED) is 0.514. The Morgan fingerprint density at radius 3 is 2.62 bits per heavy atom. The van der Waals surface area contributed by atoms with Gasteiger partial charge in [-0.3, -0.25) is 9.36 Å². The van der Waals surface area contributed by atoms with Gasteiger partial charge in [0.05, 0.1) is 5.25 Å². The maximum atomic E-state index is 11.5. The van der Waals surface area contributed by atoms with Crippen LogP contribution in [0.25, 0.3) is 0 Å². The highest BCUT2D eigenvalue weighted by molar-refractivity contribution is 8.46. The normalized spacial score (nSPS) is 21.1. The van der Waals surface area contributed by atoms with Crippen LogP contribution in [0.2, 0.25) is 0 Å². The molecule has 0 amide bonds. The molecule has 2 atom stereocenters. The first kappa shape index (κ1) is 13.7. The van der Waals surface area contributed by atoms with E-state index >= 15 is 0 Å². The zero-order valence-electron chi connectivity index (χ0n) is 9.73. The molecule has 2 nitrogen and oxygen atoms in total. The molecule has 1 saturated carbocycles. The summed E-state index contributed by atoms with van der Waals surface area (Å²) in [5, 5.41) is -0.115. The molecule has 0 spiro atoms. The highest BCUT2D eigenvalue weighted by atomic mass is 32.7. The molecule has 1 fully saturated rings. The van der Waals surface area contributed by atoms with Gasteiger partial charge in [-0.05, 0) is 49.4 Å². The Morgan fingerprint density at radius 1 is 1.62 bits per heavy atom. The third-order valence-electron chi connectivity index (χ3n) is 3.27. The van der Waals surface area contributed by atoms with Crippen LogP contribution in [0.4, 0.5) is 0 Å². The second kappa shape index (κ2) is 5.84. The maximum absolute atomic E-state index is 11.5. The van der Waals surface area contributed by atoms with Gasteiger partial charge in [-0.15, -0.1) is 6.42 Å². The largest absolute Gasteiger partial charge is 0.300 e. The number of rotatable bonds is 7. The van der Waals surface area contributed by atoms with Crippen molar-refractivity contribution in [3.05, 3.63) is 0 Å². The highest BCUT2D eigenvalue weighted by Gasteiger charge is 2.40. The molecule has 16 heavy (non-hydrogen) atoms. The molecule has 0 radical (unpaired) electrons. The number of carbonyl (C=O) groups is 1. The number of carbonyl (C=O) groups excluding carboxylic acids is 1. The minimum Gasteiger partial charge on any atom is -0.300 e. The van der Waals surface area contributed by atoms with Gasteiger partial charge < -0.3 is 0 Å². The molecule has 0 bridgehead atoms. The van der Waals surface area contributed by atoms with Crippen LogP contribution in [0.3, 0.4) is 0 Å². The number of Topliss-reactive ketones (excluding diaryl/α,β-unsaturated/α-hetero) is 1. The highest BCUT2D eigenvalue weighted by Crippen LogP contribution is 2.51. The zero-order valence-corrected chi connectivity index (χ0v) is 11.4. The predicted octanol–water partition coefficient (Wildman–Crippen LogP) is 3.71. The Hall–Kier alpha value is -0.320. The zero-order chi connectivity index (χ0) is 12.2. The summed E-state index contributed by atoms with van der Waals surface area (Å²) in [5.74, 6) is 2.83. The Kier molecular flexibility index (Phi) is 5.02. The summed E-state index contributed by atoms with van der Waals surface area (Å²) in [7, 11) is -0.00546. The van der Waals surface area contributed by atoms with E-state index in [1.807, 2.05) is 0 Å². The maximum Gasteiger partial charge on any atom is 0.228 e. The summed E-state index contributed by atoms with van der Waals surface area (Å²) in [6.45, 7) is 3.84. The number of hydrogen-bond donors (Lipinski definition) is 0. The lowest BCUT2D eigenvalue weighted by Gasteiger charge is -2.19. The van der Waals surface area contributed by atoms with E-state index in [9.17, 15) is 9.36 Å². The van der Waals surface area contributed by atoms with Gasteiger partial charge in [-0.25, -0.2) is 0 Å². The van der Waals surface area contributed by atoms with Crippen LogP contribution in [0.15, 0.2) is 0 Å². The van der Waals surface area contributed by atoms with Crippen LogP contribution in [-0.2, 0) is 9.36 Å². The van der Waals surface area contributed by atoms with Crippen LogP contribution in [-0.4, -0.2) is 11.0 Å². The fourth-order valence-electron chi connectivity index (χ4n) is 1.86. The van der Waals surface area contributed by atoms with E-state index in [4.69, 9.17) is 6.42 Å². The van der Waals surface area contributed by atoms with E-state index in [2.05, 4.69) is 12.8 Å². The van der Waals surface area contributed by atoms with Crippen molar-refractivity contribution >= 4 is 24.8 Å². The molecule has 1 aliphatic rings. The lowest BCUT2D eigenvalue weighted by atomic mass is 9.87. The molecule has 1 rings (SSSR count). The van der Waals surface area contributed by atoms with Crippen molar-refractivity contribution in [2.24, 2.45) is 11.3 Å². The number of terminal acetylenes is 1. The summed E-state index contributed by atoms with van der Waals surface area (Å²) >= 11 is 1.20. The fourth-order valence-corrected chi connectivity index (χ4v) is 3.09.